The lowest BCUT2D eigenvalue weighted by atomic mass is 10.2. The number of para-hydroxylation sites is 1. The maximum Gasteiger partial charge on any atom is 0.433 e. The Balaban J connectivity index is 1.24. The van der Waals surface area contributed by atoms with Crippen LogP contribution >= 0.6 is 0 Å². The predicted octanol–water partition coefficient (Wildman–Crippen LogP) is 2.47. The van der Waals surface area contributed by atoms with E-state index in [4.69, 9.17) is 4.74 Å². The smallest absolute Gasteiger partial charge is 0.433 e. The average molecular weight is 476 g/mol. The molecule has 0 saturated carbocycles. The molecular formula is C24H27F3N4O3. The molecular weight excluding hydrogens is 449 g/mol. The number of aromatic nitrogens is 2. The third-order valence-electron chi connectivity index (χ3n) is 5.90. The van der Waals surface area contributed by atoms with E-state index in [1.165, 1.54) is 22.9 Å². The molecule has 0 aliphatic carbocycles. The second-order valence-corrected chi connectivity index (χ2v) is 8.36. The van der Waals surface area contributed by atoms with Gasteiger partial charge in [0.1, 0.15) is 24.2 Å². The third kappa shape index (κ3) is 6.13. The van der Waals surface area contributed by atoms with Crippen LogP contribution in [-0.2, 0) is 12.7 Å². The third-order valence-corrected chi connectivity index (χ3v) is 5.90. The number of hydrogen-bond donors (Lipinski definition) is 1. The summed E-state index contributed by atoms with van der Waals surface area (Å²) < 4.78 is 45.7. The van der Waals surface area contributed by atoms with Crippen LogP contribution in [0.3, 0.4) is 0 Å². The molecule has 1 aromatic carbocycles. The van der Waals surface area contributed by atoms with Crippen molar-refractivity contribution in [3.63, 3.8) is 0 Å². The fourth-order valence-corrected chi connectivity index (χ4v) is 4.00. The van der Waals surface area contributed by atoms with Crippen LogP contribution in [0.2, 0.25) is 0 Å². The number of aliphatic hydroxyl groups excluding tert-OH is 1. The van der Waals surface area contributed by atoms with Crippen molar-refractivity contribution in [2.24, 2.45) is 0 Å². The van der Waals surface area contributed by atoms with Gasteiger partial charge in [0.25, 0.3) is 5.56 Å². The zero-order chi connectivity index (χ0) is 24.1. The molecule has 1 N–H and O–H groups in total. The molecule has 1 aliphatic heterocycles. The second kappa shape index (κ2) is 10.5. The number of alkyl halides is 3. The minimum Gasteiger partial charge on any atom is -0.491 e. The van der Waals surface area contributed by atoms with E-state index in [9.17, 15) is 23.1 Å². The fraction of sp³-hybridized carbons (Fsp3) is 0.417. The highest BCUT2D eigenvalue weighted by Gasteiger charge is 2.32. The van der Waals surface area contributed by atoms with Crippen LogP contribution in [0.15, 0.2) is 59.5 Å². The topological polar surface area (TPSA) is 70.8 Å². The lowest BCUT2D eigenvalue weighted by Gasteiger charge is -2.35. The van der Waals surface area contributed by atoms with Crippen molar-refractivity contribution in [3.8, 4) is 5.75 Å². The van der Waals surface area contributed by atoms with Gasteiger partial charge in [0, 0.05) is 52.0 Å². The molecule has 10 heteroatoms. The molecule has 1 fully saturated rings. The Morgan fingerprint density at radius 1 is 0.971 bits per heavy atom. The number of piperazine rings is 1. The van der Waals surface area contributed by atoms with E-state index < -0.39 is 18.0 Å². The van der Waals surface area contributed by atoms with Crippen molar-refractivity contribution >= 4 is 10.9 Å². The molecule has 0 radical (unpaired) electrons. The molecule has 1 saturated heterocycles. The summed E-state index contributed by atoms with van der Waals surface area (Å²) in [5.41, 5.74) is -1.31. The van der Waals surface area contributed by atoms with Gasteiger partial charge in [-0.2, -0.15) is 13.2 Å². The number of ether oxygens (including phenoxy) is 1. The average Bonchev–Trinajstić information content (AvgIpc) is 2.83. The predicted molar refractivity (Wildman–Crippen MR) is 122 cm³/mol. The molecule has 3 aromatic rings. The van der Waals surface area contributed by atoms with Gasteiger partial charge in [0.05, 0.1) is 10.9 Å². The number of rotatable bonds is 8. The highest BCUT2D eigenvalue weighted by Crippen LogP contribution is 2.28. The molecule has 34 heavy (non-hydrogen) atoms. The zero-order valence-corrected chi connectivity index (χ0v) is 18.6. The summed E-state index contributed by atoms with van der Waals surface area (Å²) in [6.07, 6.45) is -3.64. The van der Waals surface area contributed by atoms with E-state index in [1.54, 1.807) is 0 Å². The number of fused-ring (bicyclic) bond motifs is 1. The molecule has 1 aliphatic rings. The van der Waals surface area contributed by atoms with Gasteiger partial charge < -0.3 is 14.4 Å². The van der Waals surface area contributed by atoms with E-state index in [-0.39, 0.29) is 23.1 Å². The van der Waals surface area contributed by atoms with Crippen molar-refractivity contribution in [2.75, 3.05) is 45.9 Å². The van der Waals surface area contributed by atoms with Crippen molar-refractivity contribution in [3.05, 3.63) is 70.8 Å². The highest BCUT2D eigenvalue weighted by atomic mass is 19.4. The van der Waals surface area contributed by atoms with Crippen LogP contribution < -0.4 is 10.3 Å². The summed E-state index contributed by atoms with van der Waals surface area (Å²) in [6, 6.07) is 12.8. The van der Waals surface area contributed by atoms with Crippen molar-refractivity contribution in [1.29, 1.82) is 0 Å². The summed E-state index contributed by atoms with van der Waals surface area (Å²) in [5.74, 6) is 0.729. The van der Waals surface area contributed by atoms with E-state index in [1.807, 2.05) is 30.3 Å². The van der Waals surface area contributed by atoms with Crippen LogP contribution in [0, 0.1) is 0 Å². The van der Waals surface area contributed by atoms with Crippen molar-refractivity contribution in [2.45, 2.75) is 18.8 Å². The first-order valence-electron chi connectivity index (χ1n) is 11.2. The van der Waals surface area contributed by atoms with Gasteiger partial charge in [-0.1, -0.05) is 18.2 Å². The van der Waals surface area contributed by atoms with Gasteiger partial charge in [-0.15, -0.1) is 0 Å². The molecule has 0 spiro atoms. The van der Waals surface area contributed by atoms with Crippen LogP contribution in [0.1, 0.15) is 5.69 Å². The Labute approximate surface area is 195 Å². The van der Waals surface area contributed by atoms with Crippen molar-refractivity contribution in [1.82, 2.24) is 19.4 Å². The van der Waals surface area contributed by atoms with Gasteiger partial charge in [-0.25, -0.2) is 4.98 Å². The summed E-state index contributed by atoms with van der Waals surface area (Å²) in [5, 5.41) is 10.4. The van der Waals surface area contributed by atoms with Crippen molar-refractivity contribution < 1.29 is 23.0 Å². The molecule has 0 amide bonds. The number of aliphatic hydroxyl groups is 1. The van der Waals surface area contributed by atoms with E-state index in [0.29, 0.717) is 19.6 Å². The zero-order valence-electron chi connectivity index (χ0n) is 18.6. The maximum atomic E-state index is 12.9. The summed E-state index contributed by atoms with van der Waals surface area (Å²) in [6.45, 7) is 5.01. The highest BCUT2D eigenvalue weighted by molar-refractivity contribution is 5.77. The van der Waals surface area contributed by atoms with E-state index in [2.05, 4.69) is 14.8 Å². The summed E-state index contributed by atoms with van der Waals surface area (Å²) in [4.78, 5) is 20.7. The molecule has 4 rings (SSSR count). The molecule has 7 nitrogen and oxygen atoms in total. The Morgan fingerprint density at radius 2 is 1.68 bits per heavy atom. The monoisotopic (exact) mass is 476 g/mol. The van der Waals surface area contributed by atoms with Gasteiger partial charge in [-0.05, 0) is 30.3 Å². The van der Waals surface area contributed by atoms with Gasteiger partial charge >= 0.3 is 6.18 Å². The first kappa shape index (κ1) is 24.2. The summed E-state index contributed by atoms with van der Waals surface area (Å²) in [7, 11) is 0. The normalized spacial score (nSPS) is 16.6. The SMILES string of the molecule is O=c1c2ccc(C(F)(F)F)nc2ccn1CCN1CCN(CC(O)COc2ccccc2)CC1. The largest absolute Gasteiger partial charge is 0.491 e. The quantitative estimate of drug-likeness (QED) is 0.539. The number of hydrogen-bond acceptors (Lipinski definition) is 6. The first-order chi connectivity index (χ1) is 16.3. The van der Waals surface area contributed by atoms with E-state index >= 15 is 0 Å². The first-order valence-corrected chi connectivity index (χ1v) is 11.2. The van der Waals surface area contributed by atoms with Crippen LogP contribution in [0.5, 0.6) is 5.75 Å². The second-order valence-electron chi connectivity index (χ2n) is 8.36. The van der Waals surface area contributed by atoms with Gasteiger partial charge in [-0.3, -0.25) is 14.6 Å². The maximum absolute atomic E-state index is 12.9. The number of nitrogens with zero attached hydrogens (tertiary/aromatic N) is 4. The lowest BCUT2D eigenvalue weighted by Crippen LogP contribution is -2.50. The van der Waals surface area contributed by atoms with Gasteiger partial charge in [0.15, 0.2) is 0 Å². The van der Waals surface area contributed by atoms with Gasteiger partial charge in [0.2, 0.25) is 0 Å². The Hall–Kier alpha value is -2.95. The van der Waals surface area contributed by atoms with Crippen LogP contribution in [-0.4, -0.2) is 76.4 Å². The molecule has 1 unspecified atom stereocenters. The Bertz CT molecular complexity index is 1150. The molecule has 2 aromatic heterocycles. The lowest BCUT2D eigenvalue weighted by molar-refractivity contribution is -0.140. The number of benzene rings is 1. The standard InChI is InChI=1S/C24H27F3N4O3/c25-24(26,27)22-7-6-20-21(28-22)8-9-31(23(20)33)15-14-29-10-12-30(13-11-29)16-18(32)17-34-19-4-2-1-3-5-19/h1-9,18,32H,10-17H2. The molecule has 1 atom stereocenters. The van der Waals surface area contributed by atoms with Crippen LogP contribution in [0.25, 0.3) is 10.9 Å². The minimum atomic E-state index is -4.55. The fourth-order valence-electron chi connectivity index (χ4n) is 4.00. The Morgan fingerprint density at radius 3 is 2.38 bits per heavy atom. The Kier molecular flexibility index (Phi) is 7.50. The minimum absolute atomic E-state index is 0.0412. The number of pyridine rings is 2. The van der Waals surface area contributed by atoms with E-state index in [0.717, 1.165) is 38.0 Å². The molecule has 0 bridgehead atoms. The number of β-amino-alcohol motifs (C(OH)–C–C–N with tert-alkyl or cyclic N) is 1. The van der Waals surface area contributed by atoms with Crippen LogP contribution in [0.4, 0.5) is 13.2 Å². The summed E-state index contributed by atoms with van der Waals surface area (Å²) >= 11 is 0. The number of halogens is 3. The molecule has 3 heterocycles. The molecule has 182 valence electrons.